The normalized spacial score (nSPS) is 16.3. The first kappa shape index (κ1) is 20.0. The summed E-state index contributed by atoms with van der Waals surface area (Å²) in [4.78, 5) is 27.5. The van der Waals surface area contributed by atoms with Crippen molar-refractivity contribution >= 4 is 11.8 Å². The average molecular weight is 384 g/mol. The summed E-state index contributed by atoms with van der Waals surface area (Å²) in [6.07, 6.45) is 0.214. The number of amides is 2. The lowest BCUT2D eigenvalue weighted by Gasteiger charge is -2.31. The number of nitrogens with one attached hydrogen (secondary N) is 1. The lowest BCUT2D eigenvalue weighted by atomic mass is 9.97. The van der Waals surface area contributed by atoms with Crippen molar-refractivity contribution in [2.45, 2.75) is 25.3 Å². The van der Waals surface area contributed by atoms with E-state index in [-0.39, 0.29) is 30.0 Å². The summed E-state index contributed by atoms with van der Waals surface area (Å²) in [7, 11) is 0. The molecule has 5 nitrogen and oxygen atoms in total. The van der Waals surface area contributed by atoms with Gasteiger partial charge in [0.25, 0.3) is 0 Å². The highest BCUT2D eigenvalue weighted by Crippen LogP contribution is 2.21. The minimum Gasteiger partial charge on any atom is -0.378 e. The summed E-state index contributed by atoms with van der Waals surface area (Å²) in [5.41, 5.74) is 1.63. The Labute approximate surface area is 164 Å². The first-order chi connectivity index (χ1) is 13.5. The minimum atomic E-state index is -0.729. The van der Waals surface area contributed by atoms with E-state index in [1.807, 2.05) is 37.3 Å². The van der Waals surface area contributed by atoms with Crippen LogP contribution < -0.4 is 5.32 Å². The van der Waals surface area contributed by atoms with E-state index in [0.717, 1.165) is 11.1 Å². The number of rotatable bonds is 6. The van der Waals surface area contributed by atoms with Crippen LogP contribution in [0.1, 0.15) is 36.4 Å². The molecule has 1 aliphatic rings. The van der Waals surface area contributed by atoms with Crippen LogP contribution in [0.4, 0.5) is 4.39 Å². The molecule has 0 radical (unpaired) electrons. The quantitative estimate of drug-likeness (QED) is 0.833. The molecular weight excluding hydrogens is 359 g/mol. The number of carbonyl (C=O) groups excluding carboxylic acids is 2. The van der Waals surface area contributed by atoms with Crippen molar-refractivity contribution in [3.05, 3.63) is 71.5 Å². The molecule has 1 fully saturated rings. The molecule has 2 aromatic rings. The maximum absolute atomic E-state index is 13.1. The number of hydrogen-bond acceptors (Lipinski definition) is 3. The molecule has 1 aliphatic heterocycles. The fraction of sp³-hybridized carbons (Fsp3) is 0.364. The fourth-order valence-corrected chi connectivity index (χ4v) is 3.31. The average Bonchev–Trinajstić information content (AvgIpc) is 2.73. The predicted octanol–water partition coefficient (Wildman–Crippen LogP) is 3.04. The molecule has 2 atom stereocenters. The molecule has 0 saturated carbocycles. The zero-order chi connectivity index (χ0) is 19.9. The Morgan fingerprint density at radius 1 is 1.04 bits per heavy atom. The van der Waals surface area contributed by atoms with Gasteiger partial charge in [-0.2, -0.15) is 0 Å². The lowest BCUT2D eigenvalue weighted by molar-refractivity contribution is -0.140. The number of carbonyl (C=O) groups is 2. The van der Waals surface area contributed by atoms with Gasteiger partial charge in [-0.3, -0.25) is 9.59 Å². The third-order valence-electron chi connectivity index (χ3n) is 4.94. The molecule has 2 amide bonds. The molecule has 148 valence electrons. The molecular formula is C22H25FN2O3. The lowest BCUT2D eigenvalue weighted by Crippen LogP contribution is -2.47. The van der Waals surface area contributed by atoms with Gasteiger partial charge < -0.3 is 15.0 Å². The van der Waals surface area contributed by atoms with Gasteiger partial charge in [0, 0.05) is 19.5 Å². The summed E-state index contributed by atoms with van der Waals surface area (Å²) in [6.45, 7) is 3.95. The predicted molar refractivity (Wildman–Crippen MR) is 104 cm³/mol. The first-order valence-corrected chi connectivity index (χ1v) is 9.51. The number of nitrogens with zero attached hydrogens (tertiary/aromatic N) is 1. The highest BCUT2D eigenvalue weighted by Gasteiger charge is 2.29. The number of hydrogen-bond donors (Lipinski definition) is 1. The van der Waals surface area contributed by atoms with Crippen LogP contribution >= 0.6 is 0 Å². The van der Waals surface area contributed by atoms with Crippen molar-refractivity contribution < 1.29 is 18.7 Å². The summed E-state index contributed by atoms with van der Waals surface area (Å²) in [5.74, 6) is -0.735. The number of halogens is 1. The van der Waals surface area contributed by atoms with E-state index in [9.17, 15) is 14.0 Å². The molecule has 1 N–H and O–H groups in total. The third kappa shape index (κ3) is 5.16. The van der Waals surface area contributed by atoms with Gasteiger partial charge in [-0.1, -0.05) is 49.4 Å². The summed E-state index contributed by atoms with van der Waals surface area (Å²) in [5, 5.41) is 2.90. The van der Waals surface area contributed by atoms with Crippen LogP contribution in [0.2, 0.25) is 0 Å². The molecule has 2 aromatic carbocycles. The second-order valence-electron chi connectivity index (χ2n) is 7.01. The summed E-state index contributed by atoms with van der Waals surface area (Å²) in [6, 6.07) is 14.7. The summed E-state index contributed by atoms with van der Waals surface area (Å²) < 4.78 is 18.4. The Balaban J connectivity index is 1.70. The Hall–Kier alpha value is -2.73. The smallest absolute Gasteiger partial charge is 0.249 e. The zero-order valence-electron chi connectivity index (χ0n) is 15.9. The minimum absolute atomic E-state index is 0.0875. The Bertz CT molecular complexity index is 789. The van der Waals surface area contributed by atoms with Crippen molar-refractivity contribution in [1.82, 2.24) is 10.2 Å². The first-order valence-electron chi connectivity index (χ1n) is 9.51. The van der Waals surface area contributed by atoms with Crippen molar-refractivity contribution in [2.75, 3.05) is 26.3 Å². The van der Waals surface area contributed by atoms with Crippen molar-refractivity contribution in [2.24, 2.45) is 0 Å². The standard InChI is InChI=1S/C22H25FN2O3/c1-16(17-7-9-19(23)10-8-17)15-20(26)24-21(18-5-3-2-4-6-18)22(27)25-11-13-28-14-12-25/h2-10,16,21H,11-15H2,1H3,(H,24,26)/t16?,21-/m1/s1. The van der Waals surface area contributed by atoms with Crippen molar-refractivity contribution in [1.29, 1.82) is 0 Å². The maximum atomic E-state index is 13.1. The molecule has 0 aliphatic carbocycles. The highest BCUT2D eigenvalue weighted by atomic mass is 19.1. The Morgan fingerprint density at radius 2 is 1.68 bits per heavy atom. The van der Waals surface area contributed by atoms with E-state index >= 15 is 0 Å². The second kappa shape index (κ2) is 9.46. The van der Waals surface area contributed by atoms with Crippen LogP contribution in [-0.2, 0) is 14.3 Å². The SMILES string of the molecule is CC(CC(=O)N[C@@H](C(=O)N1CCOCC1)c1ccccc1)c1ccc(F)cc1. The van der Waals surface area contributed by atoms with Crippen molar-refractivity contribution in [3.8, 4) is 0 Å². The number of ether oxygens (including phenoxy) is 1. The zero-order valence-corrected chi connectivity index (χ0v) is 15.9. The van der Waals surface area contributed by atoms with Gasteiger partial charge in [0.05, 0.1) is 13.2 Å². The van der Waals surface area contributed by atoms with Crippen LogP contribution in [0, 0.1) is 5.82 Å². The van der Waals surface area contributed by atoms with E-state index in [1.54, 1.807) is 17.0 Å². The second-order valence-corrected chi connectivity index (χ2v) is 7.01. The monoisotopic (exact) mass is 384 g/mol. The number of morpholine rings is 1. The summed E-state index contributed by atoms with van der Waals surface area (Å²) >= 11 is 0. The molecule has 0 aromatic heterocycles. The van der Waals surface area contributed by atoms with Crippen LogP contribution in [0.15, 0.2) is 54.6 Å². The molecule has 1 unspecified atom stereocenters. The molecule has 1 saturated heterocycles. The van der Waals surface area contributed by atoms with E-state index in [2.05, 4.69) is 5.32 Å². The van der Waals surface area contributed by atoms with Gasteiger partial charge in [-0.05, 0) is 29.2 Å². The van der Waals surface area contributed by atoms with Gasteiger partial charge in [0.2, 0.25) is 11.8 Å². The molecule has 6 heteroatoms. The fourth-order valence-electron chi connectivity index (χ4n) is 3.31. The van der Waals surface area contributed by atoms with Crippen LogP contribution in [-0.4, -0.2) is 43.0 Å². The topological polar surface area (TPSA) is 58.6 Å². The molecule has 0 bridgehead atoms. The third-order valence-corrected chi connectivity index (χ3v) is 4.94. The van der Waals surface area contributed by atoms with Gasteiger partial charge in [0.1, 0.15) is 11.9 Å². The Kier molecular flexibility index (Phi) is 6.76. The largest absolute Gasteiger partial charge is 0.378 e. The van der Waals surface area contributed by atoms with E-state index in [4.69, 9.17) is 4.74 Å². The maximum Gasteiger partial charge on any atom is 0.249 e. The molecule has 0 spiro atoms. The Morgan fingerprint density at radius 3 is 2.32 bits per heavy atom. The van der Waals surface area contributed by atoms with Crippen LogP contribution in [0.5, 0.6) is 0 Å². The number of benzene rings is 2. The van der Waals surface area contributed by atoms with Crippen LogP contribution in [0.25, 0.3) is 0 Å². The van der Waals surface area contributed by atoms with E-state index in [1.165, 1.54) is 12.1 Å². The van der Waals surface area contributed by atoms with Gasteiger partial charge in [0.15, 0.2) is 0 Å². The van der Waals surface area contributed by atoms with Crippen LogP contribution in [0.3, 0.4) is 0 Å². The van der Waals surface area contributed by atoms with E-state index in [0.29, 0.717) is 26.3 Å². The van der Waals surface area contributed by atoms with Gasteiger partial charge in [-0.25, -0.2) is 4.39 Å². The van der Waals surface area contributed by atoms with E-state index < -0.39 is 6.04 Å². The van der Waals surface area contributed by atoms with Gasteiger partial charge in [-0.15, -0.1) is 0 Å². The molecule has 1 heterocycles. The van der Waals surface area contributed by atoms with Gasteiger partial charge >= 0.3 is 0 Å². The molecule has 3 rings (SSSR count). The molecule has 28 heavy (non-hydrogen) atoms. The van der Waals surface area contributed by atoms with Crippen molar-refractivity contribution in [3.63, 3.8) is 0 Å². The highest BCUT2D eigenvalue weighted by molar-refractivity contribution is 5.89.